The van der Waals surface area contributed by atoms with Gasteiger partial charge in [0, 0.05) is 38.4 Å². The monoisotopic (exact) mass is 274 g/mol. The Kier molecular flexibility index (Phi) is 5.15. The number of benzene rings is 1. The third kappa shape index (κ3) is 4.36. The second-order valence-corrected chi connectivity index (χ2v) is 4.96. The molecule has 2 rings (SSSR count). The fourth-order valence-corrected chi connectivity index (χ4v) is 2.03. The zero-order valence-corrected chi connectivity index (χ0v) is 12.1. The number of nitrogens with two attached hydrogens (primary N) is 1. The number of hydrogen-bond acceptors (Lipinski definition) is 4. The molecule has 0 aliphatic rings. The first kappa shape index (κ1) is 14.6. The maximum Gasteiger partial charge on any atom is 0.119 e. The standard InChI is InChI=1S/C15H22N4O/c1-18(11-14-10-17-19(2)12-14)6-7-20-15-5-3-4-13(8-15)9-16/h3-5,8,10,12H,6-7,9,11,16H2,1-2H3. The Hall–Kier alpha value is -1.85. The molecule has 0 saturated heterocycles. The van der Waals surface area contributed by atoms with Gasteiger partial charge in [0.15, 0.2) is 0 Å². The van der Waals surface area contributed by atoms with Gasteiger partial charge in [-0.2, -0.15) is 5.10 Å². The minimum atomic E-state index is 0.540. The van der Waals surface area contributed by atoms with Crippen molar-refractivity contribution in [1.29, 1.82) is 0 Å². The lowest BCUT2D eigenvalue weighted by Crippen LogP contribution is -2.23. The number of nitrogens with zero attached hydrogens (tertiary/aromatic N) is 3. The Morgan fingerprint density at radius 3 is 2.90 bits per heavy atom. The van der Waals surface area contributed by atoms with Crippen LogP contribution in [-0.4, -0.2) is 34.9 Å². The molecular formula is C15H22N4O. The number of hydrogen-bond donors (Lipinski definition) is 1. The van der Waals surface area contributed by atoms with Gasteiger partial charge in [-0.15, -0.1) is 0 Å². The zero-order chi connectivity index (χ0) is 14.4. The molecule has 0 bridgehead atoms. The van der Waals surface area contributed by atoms with Crippen LogP contribution in [0.4, 0.5) is 0 Å². The molecule has 108 valence electrons. The first-order valence-electron chi connectivity index (χ1n) is 6.75. The second-order valence-electron chi connectivity index (χ2n) is 4.96. The molecule has 0 amide bonds. The molecule has 0 saturated carbocycles. The van der Waals surface area contributed by atoms with Crippen molar-refractivity contribution < 1.29 is 4.74 Å². The van der Waals surface area contributed by atoms with Crippen LogP contribution in [-0.2, 0) is 20.1 Å². The summed E-state index contributed by atoms with van der Waals surface area (Å²) in [6.45, 7) is 2.94. The van der Waals surface area contributed by atoms with E-state index in [9.17, 15) is 0 Å². The number of likely N-dealkylation sites (N-methyl/N-ethyl adjacent to an activating group) is 1. The first-order valence-corrected chi connectivity index (χ1v) is 6.75. The van der Waals surface area contributed by atoms with E-state index in [1.807, 2.05) is 48.4 Å². The molecule has 2 N–H and O–H groups in total. The van der Waals surface area contributed by atoms with Crippen LogP contribution in [0.25, 0.3) is 0 Å². The topological polar surface area (TPSA) is 56.3 Å². The van der Waals surface area contributed by atoms with Crippen LogP contribution in [0, 0.1) is 0 Å². The van der Waals surface area contributed by atoms with Crippen LogP contribution in [0.5, 0.6) is 5.75 Å². The third-order valence-corrected chi connectivity index (χ3v) is 3.09. The molecule has 1 aromatic heterocycles. The van der Waals surface area contributed by atoms with Gasteiger partial charge >= 0.3 is 0 Å². The Balaban J connectivity index is 1.74. The molecule has 0 aliphatic heterocycles. The molecule has 0 aliphatic carbocycles. The van der Waals surface area contributed by atoms with Crippen LogP contribution in [0.3, 0.4) is 0 Å². The quantitative estimate of drug-likeness (QED) is 0.829. The van der Waals surface area contributed by atoms with E-state index in [0.29, 0.717) is 13.2 Å². The van der Waals surface area contributed by atoms with Gasteiger partial charge in [-0.05, 0) is 24.7 Å². The van der Waals surface area contributed by atoms with E-state index in [1.165, 1.54) is 5.56 Å². The van der Waals surface area contributed by atoms with Crippen molar-refractivity contribution in [1.82, 2.24) is 14.7 Å². The highest BCUT2D eigenvalue weighted by atomic mass is 16.5. The van der Waals surface area contributed by atoms with E-state index < -0.39 is 0 Å². The van der Waals surface area contributed by atoms with Crippen LogP contribution in [0.2, 0.25) is 0 Å². The number of rotatable bonds is 7. The number of ether oxygens (including phenoxy) is 1. The van der Waals surface area contributed by atoms with Crippen molar-refractivity contribution in [2.75, 3.05) is 20.2 Å². The van der Waals surface area contributed by atoms with Crippen molar-refractivity contribution in [2.45, 2.75) is 13.1 Å². The van der Waals surface area contributed by atoms with E-state index >= 15 is 0 Å². The Bertz CT molecular complexity index is 538. The third-order valence-electron chi connectivity index (χ3n) is 3.09. The second kappa shape index (κ2) is 7.07. The van der Waals surface area contributed by atoms with E-state index in [0.717, 1.165) is 24.4 Å². The van der Waals surface area contributed by atoms with Crippen molar-refractivity contribution in [3.8, 4) is 5.75 Å². The molecule has 5 nitrogen and oxygen atoms in total. The predicted octanol–water partition coefficient (Wildman–Crippen LogP) is 1.39. The van der Waals surface area contributed by atoms with Crippen LogP contribution in [0.1, 0.15) is 11.1 Å². The van der Waals surface area contributed by atoms with Crippen LogP contribution in [0.15, 0.2) is 36.7 Å². The highest BCUT2D eigenvalue weighted by Crippen LogP contribution is 2.12. The van der Waals surface area contributed by atoms with E-state index in [1.54, 1.807) is 0 Å². The van der Waals surface area contributed by atoms with Crippen LogP contribution >= 0.6 is 0 Å². The fraction of sp³-hybridized carbons (Fsp3) is 0.400. The summed E-state index contributed by atoms with van der Waals surface area (Å²) in [6.07, 6.45) is 3.92. The predicted molar refractivity (Wildman–Crippen MR) is 79.4 cm³/mol. The highest BCUT2D eigenvalue weighted by molar-refractivity contribution is 5.28. The van der Waals surface area contributed by atoms with E-state index in [4.69, 9.17) is 10.5 Å². The average molecular weight is 274 g/mol. The minimum absolute atomic E-state index is 0.540. The lowest BCUT2D eigenvalue weighted by atomic mass is 10.2. The largest absolute Gasteiger partial charge is 0.492 e. The summed E-state index contributed by atoms with van der Waals surface area (Å²) in [7, 11) is 4.00. The van der Waals surface area contributed by atoms with Gasteiger partial charge in [0.2, 0.25) is 0 Å². The maximum absolute atomic E-state index is 5.74. The smallest absolute Gasteiger partial charge is 0.119 e. The highest BCUT2D eigenvalue weighted by Gasteiger charge is 2.03. The Morgan fingerprint density at radius 1 is 1.35 bits per heavy atom. The van der Waals surface area contributed by atoms with Crippen molar-refractivity contribution in [3.05, 3.63) is 47.8 Å². The average Bonchev–Trinajstić information content (AvgIpc) is 2.84. The summed E-state index contributed by atoms with van der Waals surface area (Å²) in [5, 5.41) is 4.16. The van der Waals surface area contributed by atoms with Crippen LogP contribution < -0.4 is 10.5 Å². The SMILES string of the molecule is CN(CCOc1cccc(CN)c1)Cc1cnn(C)c1. The fourth-order valence-electron chi connectivity index (χ4n) is 2.03. The van der Waals surface area contributed by atoms with Crippen molar-refractivity contribution in [2.24, 2.45) is 12.8 Å². The van der Waals surface area contributed by atoms with Gasteiger partial charge in [0.25, 0.3) is 0 Å². The van der Waals surface area contributed by atoms with Gasteiger partial charge in [0.1, 0.15) is 12.4 Å². The summed E-state index contributed by atoms with van der Waals surface area (Å²) in [4.78, 5) is 2.21. The number of aromatic nitrogens is 2. The van der Waals surface area contributed by atoms with Crippen molar-refractivity contribution >= 4 is 0 Å². The van der Waals surface area contributed by atoms with E-state index in [2.05, 4.69) is 17.0 Å². The lowest BCUT2D eigenvalue weighted by molar-refractivity contribution is 0.232. The van der Waals surface area contributed by atoms with Gasteiger partial charge < -0.3 is 10.5 Å². The first-order chi connectivity index (χ1) is 9.67. The summed E-state index contributed by atoms with van der Waals surface area (Å²) in [5.74, 6) is 0.878. The van der Waals surface area contributed by atoms with Crippen molar-refractivity contribution in [3.63, 3.8) is 0 Å². The summed E-state index contributed by atoms with van der Waals surface area (Å²) < 4.78 is 7.56. The van der Waals surface area contributed by atoms with Gasteiger partial charge in [-0.25, -0.2) is 0 Å². The molecule has 1 aromatic carbocycles. The van der Waals surface area contributed by atoms with Gasteiger partial charge in [-0.1, -0.05) is 12.1 Å². The zero-order valence-electron chi connectivity index (χ0n) is 12.1. The van der Waals surface area contributed by atoms with E-state index in [-0.39, 0.29) is 0 Å². The molecule has 0 radical (unpaired) electrons. The molecule has 1 heterocycles. The molecule has 0 fully saturated rings. The maximum atomic E-state index is 5.74. The summed E-state index contributed by atoms with van der Waals surface area (Å²) >= 11 is 0. The molecule has 2 aromatic rings. The molecule has 0 unspecified atom stereocenters. The molecule has 0 spiro atoms. The minimum Gasteiger partial charge on any atom is -0.492 e. The molecular weight excluding hydrogens is 252 g/mol. The molecule has 20 heavy (non-hydrogen) atoms. The molecule has 5 heteroatoms. The summed E-state index contributed by atoms with van der Waals surface area (Å²) in [6, 6.07) is 7.92. The Labute approximate surface area is 119 Å². The van der Waals surface area contributed by atoms with Gasteiger partial charge in [0.05, 0.1) is 6.20 Å². The lowest BCUT2D eigenvalue weighted by Gasteiger charge is -2.16. The molecule has 0 atom stereocenters. The van der Waals surface area contributed by atoms with Gasteiger partial charge in [-0.3, -0.25) is 9.58 Å². The normalized spacial score (nSPS) is 11.0. The summed E-state index contributed by atoms with van der Waals surface area (Å²) in [5.41, 5.74) is 7.91. The number of aryl methyl sites for hydroxylation is 1. The Morgan fingerprint density at radius 2 is 2.20 bits per heavy atom.